The normalized spacial score (nSPS) is 47.6. The van der Waals surface area contributed by atoms with E-state index >= 15 is 0 Å². The first-order valence-corrected chi connectivity index (χ1v) is 13.9. The van der Waals surface area contributed by atoms with E-state index in [0.717, 1.165) is 24.2 Å². The minimum atomic E-state index is -0.0845. The lowest BCUT2D eigenvalue weighted by Gasteiger charge is -2.66. The van der Waals surface area contributed by atoms with Crippen LogP contribution in [0, 0.1) is 57.2 Å². The highest BCUT2D eigenvalue weighted by Crippen LogP contribution is 2.73. The summed E-state index contributed by atoms with van der Waals surface area (Å²) >= 11 is 0. The van der Waals surface area contributed by atoms with Gasteiger partial charge in [-0.3, -0.25) is 4.79 Å². The van der Waals surface area contributed by atoms with Crippen LogP contribution < -0.4 is 0 Å². The van der Waals surface area contributed by atoms with Crippen molar-refractivity contribution in [2.45, 2.75) is 126 Å². The smallest absolute Gasteiger partial charge is 0.139 e. The Labute approximate surface area is 193 Å². The molecule has 1 heteroatoms. The first-order chi connectivity index (χ1) is 14.4. The Kier molecular flexibility index (Phi) is 6.05. The molecular weight excluding hydrogens is 376 g/mol. The number of fused-ring (bicyclic) bond motifs is 5. The van der Waals surface area contributed by atoms with E-state index in [1.807, 2.05) is 0 Å². The highest BCUT2D eigenvalue weighted by atomic mass is 16.1. The largest absolute Gasteiger partial charge is 0.299 e. The molecule has 0 spiro atoms. The van der Waals surface area contributed by atoms with Crippen LogP contribution in [-0.4, -0.2) is 5.78 Å². The predicted molar refractivity (Wildman–Crippen MR) is 132 cm³/mol. The molecule has 0 N–H and O–H groups in total. The van der Waals surface area contributed by atoms with E-state index in [-0.39, 0.29) is 10.8 Å². The summed E-state index contributed by atoms with van der Waals surface area (Å²) in [7, 11) is 0. The van der Waals surface area contributed by atoms with Crippen molar-refractivity contribution in [1.29, 1.82) is 0 Å². The number of carbonyl (C=O) groups is 1. The monoisotopic (exact) mass is 428 g/mol. The Balaban J connectivity index is 1.61. The first-order valence-electron chi connectivity index (χ1n) is 13.9. The number of hydrogen-bond donors (Lipinski definition) is 0. The van der Waals surface area contributed by atoms with E-state index in [2.05, 4.69) is 55.4 Å². The molecule has 0 aromatic rings. The van der Waals surface area contributed by atoms with Gasteiger partial charge in [0, 0.05) is 11.8 Å². The molecule has 0 heterocycles. The molecule has 0 aromatic carbocycles. The highest BCUT2D eigenvalue weighted by molar-refractivity contribution is 5.87. The van der Waals surface area contributed by atoms with E-state index in [4.69, 9.17) is 0 Å². The van der Waals surface area contributed by atoms with Crippen LogP contribution in [0.5, 0.6) is 0 Å². The van der Waals surface area contributed by atoms with E-state index in [0.29, 0.717) is 34.4 Å². The van der Waals surface area contributed by atoms with Crippen LogP contribution in [0.4, 0.5) is 0 Å². The first kappa shape index (κ1) is 23.8. The molecule has 0 amide bonds. The van der Waals surface area contributed by atoms with Crippen molar-refractivity contribution < 1.29 is 4.79 Å². The molecule has 8 unspecified atom stereocenters. The average molecular weight is 429 g/mol. The Hall–Kier alpha value is -0.330. The molecule has 4 fully saturated rings. The third-order valence-electron chi connectivity index (χ3n) is 12.2. The molecule has 8 atom stereocenters. The van der Waals surface area contributed by atoms with Crippen molar-refractivity contribution >= 4 is 5.78 Å². The second kappa shape index (κ2) is 7.87. The summed E-state index contributed by atoms with van der Waals surface area (Å²) in [4.78, 5) is 14.1. The van der Waals surface area contributed by atoms with Gasteiger partial charge >= 0.3 is 0 Å². The van der Waals surface area contributed by atoms with Gasteiger partial charge in [-0.2, -0.15) is 0 Å². The standard InChI is InChI=1S/C30H52O/c1-20(2)11-9-12-21(3)22-15-18-29(7)23-13-14-25-27(4,5)16-10-17-28(25,6)24(23)19-26(31)30(22,29)8/h20-25H,9-19H2,1-8H3. The minimum Gasteiger partial charge on any atom is -0.299 e. The van der Waals surface area contributed by atoms with Gasteiger partial charge in [0.25, 0.3) is 0 Å². The van der Waals surface area contributed by atoms with Crippen LogP contribution in [0.25, 0.3) is 0 Å². The zero-order valence-corrected chi connectivity index (χ0v) is 22.2. The Morgan fingerprint density at radius 2 is 1.58 bits per heavy atom. The molecule has 0 saturated heterocycles. The van der Waals surface area contributed by atoms with Gasteiger partial charge in [-0.1, -0.05) is 81.1 Å². The topological polar surface area (TPSA) is 17.1 Å². The number of carbonyl (C=O) groups excluding carboxylic acids is 1. The van der Waals surface area contributed by atoms with Crippen LogP contribution >= 0.6 is 0 Å². The van der Waals surface area contributed by atoms with Crippen LogP contribution in [0.2, 0.25) is 0 Å². The lowest BCUT2D eigenvalue weighted by atomic mass is 9.38. The van der Waals surface area contributed by atoms with Crippen LogP contribution in [0.15, 0.2) is 0 Å². The van der Waals surface area contributed by atoms with Gasteiger partial charge in [-0.05, 0) is 90.3 Å². The fourth-order valence-corrected chi connectivity index (χ4v) is 10.3. The third kappa shape index (κ3) is 3.41. The van der Waals surface area contributed by atoms with Crippen molar-refractivity contribution in [3.05, 3.63) is 0 Å². The van der Waals surface area contributed by atoms with Crippen molar-refractivity contribution in [3.8, 4) is 0 Å². The maximum atomic E-state index is 14.1. The number of Topliss-reactive ketones (excluding diaryl/α,β-unsaturated/α-hetero) is 1. The van der Waals surface area contributed by atoms with E-state index in [9.17, 15) is 4.79 Å². The van der Waals surface area contributed by atoms with E-state index in [1.165, 1.54) is 64.2 Å². The fourth-order valence-electron chi connectivity index (χ4n) is 10.3. The zero-order valence-electron chi connectivity index (χ0n) is 22.2. The molecule has 0 aliphatic heterocycles. The highest BCUT2D eigenvalue weighted by Gasteiger charge is 2.69. The van der Waals surface area contributed by atoms with Crippen molar-refractivity contribution in [2.75, 3.05) is 0 Å². The number of rotatable bonds is 5. The van der Waals surface area contributed by atoms with Gasteiger partial charge in [-0.25, -0.2) is 0 Å². The van der Waals surface area contributed by atoms with E-state index < -0.39 is 0 Å². The summed E-state index contributed by atoms with van der Waals surface area (Å²) in [5.74, 6) is 4.94. The van der Waals surface area contributed by atoms with Gasteiger partial charge in [0.15, 0.2) is 0 Å². The maximum absolute atomic E-state index is 14.1. The Morgan fingerprint density at radius 1 is 0.871 bits per heavy atom. The van der Waals surface area contributed by atoms with Crippen molar-refractivity contribution in [1.82, 2.24) is 0 Å². The zero-order chi connectivity index (χ0) is 22.8. The molecule has 4 saturated carbocycles. The number of ketones is 1. The second-order valence-corrected chi connectivity index (χ2v) is 14.4. The molecular formula is C30H52O. The molecule has 178 valence electrons. The molecule has 4 rings (SSSR count). The summed E-state index contributed by atoms with van der Waals surface area (Å²) in [6.07, 6.45) is 14.3. The predicted octanol–water partition coefficient (Wildman–Crippen LogP) is 8.70. The molecule has 0 radical (unpaired) electrons. The fraction of sp³-hybridized carbons (Fsp3) is 0.967. The summed E-state index contributed by atoms with van der Waals surface area (Å²) < 4.78 is 0. The summed E-state index contributed by atoms with van der Waals surface area (Å²) in [5, 5.41) is 0. The minimum absolute atomic E-state index is 0.0845. The summed E-state index contributed by atoms with van der Waals surface area (Å²) in [5.41, 5.74) is 0.968. The van der Waals surface area contributed by atoms with Crippen LogP contribution in [0.1, 0.15) is 126 Å². The SMILES string of the molecule is CC(C)CCCC(C)C1CCC2(C)C3CCC4C(C)(C)CCCC4(C)C3CC(=O)C12C. The van der Waals surface area contributed by atoms with Gasteiger partial charge in [0.1, 0.15) is 5.78 Å². The molecule has 31 heavy (non-hydrogen) atoms. The quantitative estimate of drug-likeness (QED) is 0.428. The van der Waals surface area contributed by atoms with Gasteiger partial charge in [-0.15, -0.1) is 0 Å². The van der Waals surface area contributed by atoms with Crippen molar-refractivity contribution in [2.24, 2.45) is 57.2 Å². The summed E-state index contributed by atoms with van der Waals surface area (Å²) in [6, 6.07) is 0. The lowest BCUT2D eigenvalue weighted by molar-refractivity contribution is -0.186. The molecule has 4 aliphatic rings. The third-order valence-corrected chi connectivity index (χ3v) is 12.2. The van der Waals surface area contributed by atoms with E-state index in [1.54, 1.807) is 0 Å². The second-order valence-electron chi connectivity index (χ2n) is 14.4. The lowest BCUT2D eigenvalue weighted by Crippen LogP contribution is -2.62. The Bertz CT molecular complexity index is 691. The number of hydrogen-bond acceptors (Lipinski definition) is 1. The van der Waals surface area contributed by atoms with Crippen LogP contribution in [-0.2, 0) is 4.79 Å². The van der Waals surface area contributed by atoms with Crippen molar-refractivity contribution in [3.63, 3.8) is 0 Å². The van der Waals surface area contributed by atoms with Gasteiger partial charge in [0.05, 0.1) is 0 Å². The van der Waals surface area contributed by atoms with Gasteiger partial charge < -0.3 is 0 Å². The molecule has 0 aromatic heterocycles. The maximum Gasteiger partial charge on any atom is 0.139 e. The molecule has 4 aliphatic carbocycles. The summed E-state index contributed by atoms with van der Waals surface area (Å²) in [6.45, 7) is 19.8. The molecule has 0 bridgehead atoms. The Morgan fingerprint density at radius 3 is 2.26 bits per heavy atom. The van der Waals surface area contributed by atoms with Gasteiger partial charge in [0.2, 0.25) is 0 Å². The molecule has 1 nitrogen and oxygen atoms in total. The average Bonchev–Trinajstić information content (AvgIpc) is 2.95. The van der Waals surface area contributed by atoms with Crippen LogP contribution in [0.3, 0.4) is 0 Å².